The van der Waals surface area contributed by atoms with E-state index < -0.39 is 0 Å². The van der Waals surface area contributed by atoms with Gasteiger partial charge in [-0.05, 0) is 20.6 Å². The summed E-state index contributed by atoms with van der Waals surface area (Å²) in [7, 11) is 4.24. The quantitative estimate of drug-likeness (QED) is 0.637. The molecule has 0 radical (unpaired) electrons. The Kier molecular flexibility index (Phi) is 3.98. The lowest BCUT2D eigenvalue weighted by Gasteiger charge is -2.38. The fourth-order valence-corrected chi connectivity index (χ4v) is 1.75. The third-order valence-electron chi connectivity index (χ3n) is 2.75. The first kappa shape index (κ1) is 9.96. The largest absolute Gasteiger partial charge is 0.318 e. The molecule has 1 unspecified atom stereocenters. The Morgan fingerprint density at radius 2 is 2.17 bits per heavy atom. The van der Waals surface area contributed by atoms with E-state index in [1.54, 1.807) is 0 Å². The standard InChI is InChI=1S/C9H21N3/c1-4-12-6-5-11(3)9(8-12)7-10-2/h9-10H,4-8H2,1-3H3. The predicted octanol–water partition coefficient (Wildman–Crippen LogP) is -0.158. The number of nitrogens with zero attached hydrogens (tertiary/aromatic N) is 2. The van der Waals surface area contributed by atoms with Crippen LogP contribution in [0.4, 0.5) is 0 Å². The van der Waals surface area contributed by atoms with Crippen molar-refractivity contribution >= 4 is 0 Å². The first-order chi connectivity index (χ1) is 5.77. The van der Waals surface area contributed by atoms with Crippen LogP contribution in [0, 0.1) is 0 Å². The molecule has 3 nitrogen and oxygen atoms in total. The summed E-state index contributed by atoms with van der Waals surface area (Å²) < 4.78 is 0. The molecular formula is C9H21N3. The van der Waals surface area contributed by atoms with Crippen molar-refractivity contribution in [3.63, 3.8) is 0 Å². The van der Waals surface area contributed by atoms with Crippen molar-refractivity contribution in [2.45, 2.75) is 13.0 Å². The zero-order valence-electron chi connectivity index (χ0n) is 8.51. The van der Waals surface area contributed by atoms with Crippen molar-refractivity contribution in [1.29, 1.82) is 0 Å². The second-order valence-electron chi connectivity index (χ2n) is 3.59. The number of piperazine rings is 1. The minimum atomic E-state index is 0.698. The highest BCUT2D eigenvalue weighted by molar-refractivity contribution is 4.80. The highest BCUT2D eigenvalue weighted by Gasteiger charge is 2.21. The topological polar surface area (TPSA) is 18.5 Å². The van der Waals surface area contributed by atoms with Crippen LogP contribution in [0.25, 0.3) is 0 Å². The molecule has 1 aliphatic heterocycles. The van der Waals surface area contributed by atoms with Crippen LogP contribution in [0.5, 0.6) is 0 Å². The summed E-state index contributed by atoms with van der Waals surface area (Å²) in [6.07, 6.45) is 0. The number of hydrogen-bond acceptors (Lipinski definition) is 3. The SMILES string of the molecule is CCN1CCN(C)C(CNC)C1. The van der Waals surface area contributed by atoms with E-state index in [1.165, 1.54) is 26.2 Å². The minimum absolute atomic E-state index is 0.698. The average molecular weight is 171 g/mol. The Bertz CT molecular complexity index is 127. The van der Waals surface area contributed by atoms with Crippen molar-refractivity contribution < 1.29 is 0 Å². The summed E-state index contributed by atoms with van der Waals surface area (Å²) in [5.74, 6) is 0. The highest BCUT2D eigenvalue weighted by Crippen LogP contribution is 2.05. The second kappa shape index (κ2) is 4.80. The first-order valence-electron chi connectivity index (χ1n) is 4.85. The van der Waals surface area contributed by atoms with Crippen molar-refractivity contribution in [2.24, 2.45) is 0 Å². The van der Waals surface area contributed by atoms with Gasteiger partial charge in [-0.25, -0.2) is 0 Å². The van der Waals surface area contributed by atoms with Crippen LogP contribution in [0.15, 0.2) is 0 Å². The van der Waals surface area contributed by atoms with Crippen molar-refractivity contribution in [1.82, 2.24) is 15.1 Å². The Labute approximate surface area is 75.7 Å². The summed E-state index contributed by atoms with van der Waals surface area (Å²) in [4.78, 5) is 4.96. The van der Waals surface area contributed by atoms with Gasteiger partial charge in [0.2, 0.25) is 0 Å². The van der Waals surface area contributed by atoms with Gasteiger partial charge in [-0.2, -0.15) is 0 Å². The molecular weight excluding hydrogens is 150 g/mol. The van der Waals surface area contributed by atoms with Gasteiger partial charge in [0.25, 0.3) is 0 Å². The van der Waals surface area contributed by atoms with Gasteiger partial charge in [0, 0.05) is 32.2 Å². The zero-order chi connectivity index (χ0) is 8.97. The maximum atomic E-state index is 3.24. The normalized spacial score (nSPS) is 27.8. The van der Waals surface area contributed by atoms with E-state index in [1.807, 2.05) is 7.05 Å². The molecule has 0 aromatic heterocycles. The van der Waals surface area contributed by atoms with E-state index in [0.29, 0.717) is 6.04 Å². The third kappa shape index (κ3) is 2.44. The van der Waals surface area contributed by atoms with E-state index in [2.05, 4.69) is 29.1 Å². The Hall–Kier alpha value is -0.120. The maximum Gasteiger partial charge on any atom is 0.0345 e. The molecule has 72 valence electrons. The van der Waals surface area contributed by atoms with Gasteiger partial charge >= 0.3 is 0 Å². The molecule has 1 atom stereocenters. The molecule has 0 saturated carbocycles. The fraction of sp³-hybridized carbons (Fsp3) is 1.00. The summed E-state index contributed by atoms with van der Waals surface area (Å²) in [6, 6.07) is 0.698. The lowest BCUT2D eigenvalue weighted by molar-refractivity contribution is 0.100. The minimum Gasteiger partial charge on any atom is -0.318 e. The number of rotatable bonds is 3. The molecule has 1 fully saturated rings. The predicted molar refractivity (Wildman–Crippen MR) is 52.5 cm³/mol. The van der Waals surface area contributed by atoms with E-state index in [9.17, 15) is 0 Å². The van der Waals surface area contributed by atoms with E-state index in [4.69, 9.17) is 0 Å². The van der Waals surface area contributed by atoms with Crippen LogP contribution in [-0.2, 0) is 0 Å². The molecule has 1 aliphatic rings. The lowest BCUT2D eigenvalue weighted by Crippen LogP contribution is -2.54. The molecule has 0 bridgehead atoms. The molecule has 0 aliphatic carbocycles. The van der Waals surface area contributed by atoms with Gasteiger partial charge in [-0.15, -0.1) is 0 Å². The van der Waals surface area contributed by atoms with E-state index >= 15 is 0 Å². The second-order valence-corrected chi connectivity index (χ2v) is 3.59. The summed E-state index contributed by atoms with van der Waals surface area (Å²) >= 11 is 0. The van der Waals surface area contributed by atoms with Crippen LogP contribution in [-0.4, -0.2) is 62.7 Å². The van der Waals surface area contributed by atoms with Crippen molar-refractivity contribution in [3.05, 3.63) is 0 Å². The third-order valence-corrected chi connectivity index (χ3v) is 2.75. The molecule has 0 aromatic carbocycles. The van der Waals surface area contributed by atoms with Gasteiger partial charge in [-0.3, -0.25) is 4.90 Å². The molecule has 1 saturated heterocycles. The van der Waals surface area contributed by atoms with Crippen LogP contribution < -0.4 is 5.32 Å². The van der Waals surface area contributed by atoms with Crippen molar-refractivity contribution in [2.75, 3.05) is 46.8 Å². The van der Waals surface area contributed by atoms with E-state index in [-0.39, 0.29) is 0 Å². The first-order valence-corrected chi connectivity index (χ1v) is 4.85. The molecule has 1 rings (SSSR count). The fourth-order valence-electron chi connectivity index (χ4n) is 1.75. The van der Waals surface area contributed by atoms with E-state index in [0.717, 1.165) is 6.54 Å². The van der Waals surface area contributed by atoms with Crippen LogP contribution in [0.3, 0.4) is 0 Å². The Morgan fingerprint density at radius 3 is 2.75 bits per heavy atom. The maximum absolute atomic E-state index is 3.24. The average Bonchev–Trinajstić information content (AvgIpc) is 2.09. The van der Waals surface area contributed by atoms with Crippen LogP contribution in [0.2, 0.25) is 0 Å². The van der Waals surface area contributed by atoms with Gasteiger partial charge in [0.15, 0.2) is 0 Å². The van der Waals surface area contributed by atoms with Crippen molar-refractivity contribution in [3.8, 4) is 0 Å². The molecule has 12 heavy (non-hydrogen) atoms. The molecule has 0 spiro atoms. The number of hydrogen-bond donors (Lipinski definition) is 1. The zero-order valence-corrected chi connectivity index (χ0v) is 8.51. The summed E-state index contributed by atoms with van der Waals surface area (Å²) in [5.41, 5.74) is 0. The molecule has 0 amide bonds. The van der Waals surface area contributed by atoms with Gasteiger partial charge in [-0.1, -0.05) is 6.92 Å². The van der Waals surface area contributed by atoms with Gasteiger partial charge < -0.3 is 10.2 Å². The Balaban J connectivity index is 2.36. The monoisotopic (exact) mass is 171 g/mol. The highest BCUT2D eigenvalue weighted by atomic mass is 15.3. The Morgan fingerprint density at radius 1 is 1.42 bits per heavy atom. The molecule has 0 aromatic rings. The summed E-state index contributed by atoms with van der Waals surface area (Å²) in [6.45, 7) is 8.18. The number of likely N-dealkylation sites (N-methyl/N-ethyl adjacent to an activating group) is 3. The molecule has 1 heterocycles. The molecule has 1 N–H and O–H groups in total. The molecule has 3 heteroatoms. The number of nitrogens with one attached hydrogen (secondary N) is 1. The van der Waals surface area contributed by atoms with Gasteiger partial charge in [0.05, 0.1) is 0 Å². The lowest BCUT2D eigenvalue weighted by atomic mass is 10.2. The van der Waals surface area contributed by atoms with Crippen LogP contribution in [0.1, 0.15) is 6.92 Å². The van der Waals surface area contributed by atoms with Crippen LogP contribution >= 0.6 is 0 Å². The van der Waals surface area contributed by atoms with Gasteiger partial charge in [0.1, 0.15) is 0 Å². The smallest absolute Gasteiger partial charge is 0.0345 e. The summed E-state index contributed by atoms with van der Waals surface area (Å²) in [5, 5.41) is 3.24.